The van der Waals surface area contributed by atoms with Gasteiger partial charge in [0.1, 0.15) is 12.6 Å². The molecule has 0 aromatic heterocycles. The highest BCUT2D eigenvalue weighted by Crippen LogP contribution is 2.37. The van der Waals surface area contributed by atoms with Gasteiger partial charge in [0.15, 0.2) is 11.5 Å². The van der Waals surface area contributed by atoms with E-state index in [-0.39, 0.29) is 18.2 Å². The predicted molar refractivity (Wildman–Crippen MR) is 99.8 cm³/mol. The van der Waals surface area contributed by atoms with E-state index in [1.807, 2.05) is 30.3 Å². The van der Waals surface area contributed by atoms with Crippen LogP contribution in [0.25, 0.3) is 0 Å². The smallest absolute Gasteiger partial charge is 0.255 e. The molecule has 0 bridgehead atoms. The lowest BCUT2D eigenvalue weighted by atomic mass is 10.0. The topological polar surface area (TPSA) is 84.9 Å². The van der Waals surface area contributed by atoms with Gasteiger partial charge in [-0.1, -0.05) is 30.3 Å². The zero-order chi connectivity index (χ0) is 19.7. The van der Waals surface area contributed by atoms with Crippen molar-refractivity contribution >= 4 is 17.7 Å². The number of imide groups is 1. The number of rotatable bonds is 5. The summed E-state index contributed by atoms with van der Waals surface area (Å²) in [4.78, 5) is 37.9. The molecule has 2 aliphatic rings. The van der Waals surface area contributed by atoms with Crippen molar-refractivity contribution in [3.05, 3.63) is 59.2 Å². The van der Waals surface area contributed by atoms with Crippen molar-refractivity contribution in [3.63, 3.8) is 0 Å². The summed E-state index contributed by atoms with van der Waals surface area (Å²) < 4.78 is 11.3. The molecule has 0 radical (unpaired) electrons. The largest absolute Gasteiger partial charge is 0.493 e. The van der Waals surface area contributed by atoms with Gasteiger partial charge < -0.3 is 14.4 Å². The molecule has 2 aromatic carbocycles. The number of piperidine rings is 1. The van der Waals surface area contributed by atoms with Crippen LogP contribution in [-0.4, -0.2) is 35.8 Å². The van der Waals surface area contributed by atoms with Gasteiger partial charge in [-0.15, -0.1) is 0 Å². The van der Waals surface area contributed by atoms with Gasteiger partial charge in [0.2, 0.25) is 11.8 Å². The first kappa shape index (κ1) is 18.0. The van der Waals surface area contributed by atoms with E-state index in [9.17, 15) is 14.4 Å². The average molecular weight is 380 g/mol. The van der Waals surface area contributed by atoms with Crippen LogP contribution in [0.4, 0.5) is 0 Å². The van der Waals surface area contributed by atoms with E-state index in [0.29, 0.717) is 36.6 Å². The predicted octanol–water partition coefficient (Wildman–Crippen LogP) is 2.04. The second kappa shape index (κ2) is 7.34. The number of carbonyl (C=O) groups is 3. The van der Waals surface area contributed by atoms with Crippen LogP contribution in [0.15, 0.2) is 42.5 Å². The highest BCUT2D eigenvalue weighted by Gasteiger charge is 2.39. The molecule has 3 amide bonds. The SMILES string of the molecule is COc1cc2c(cc1OCc1ccccc1)CN(C1CCC(=O)NC1=O)C2=O. The van der Waals surface area contributed by atoms with Crippen LogP contribution in [0, 0.1) is 0 Å². The molecule has 7 heteroatoms. The Morgan fingerprint density at radius 2 is 1.89 bits per heavy atom. The van der Waals surface area contributed by atoms with E-state index in [2.05, 4.69) is 5.32 Å². The average Bonchev–Trinajstić information content (AvgIpc) is 3.02. The molecule has 144 valence electrons. The maximum Gasteiger partial charge on any atom is 0.255 e. The lowest BCUT2D eigenvalue weighted by Gasteiger charge is -2.29. The van der Waals surface area contributed by atoms with Gasteiger partial charge in [0.25, 0.3) is 5.91 Å². The minimum absolute atomic E-state index is 0.227. The molecule has 28 heavy (non-hydrogen) atoms. The third-order valence-electron chi connectivity index (χ3n) is 5.04. The number of nitrogens with zero attached hydrogens (tertiary/aromatic N) is 1. The molecule has 2 aliphatic heterocycles. The number of ether oxygens (including phenoxy) is 2. The molecule has 2 heterocycles. The molecule has 0 spiro atoms. The molecule has 0 saturated carbocycles. The standard InChI is InChI=1S/C21H20N2O5/c1-27-17-10-15-14(9-18(17)28-12-13-5-3-2-4-6-13)11-23(21(15)26)16-7-8-19(24)22-20(16)25/h2-6,9-10,16H,7-8,11-12H2,1H3,(H,22,24,25). The first-order valence-electron chi connectivity index (χ1n) is 9.09. The first-order valence-corrected chi connectivity index (χ1v) is 9.09. The van der Waals surface area contributed by atoms with Crippen molar-refractivity contribution in [1.82, 2.24) is 10.2 Å². The zero-order valence-corrected chi connectivity index (χ0v) is 15.4. The van der Waals surface area contributed by atoms with E-state index in [0.717, 1.165) is 11.1 Å². The summed E-state index contributed by atoms with van der Waals surface area (Å²) >= 11 is 0. The molecule has 2 aromatic rings. The van der Waals surface area contributed by atoms with Gasteiger partial charge in [-0.25, -0.2) is 0 Å². The minimum Gasteiger partial charge on any atom is -0.493 e. The Hall–Kier alpha value is -3.35. The van der Waals surface area contributed by atoms with E-state index in [1.165, 1.54) is 12.0 Å². The van der Waals surface area contributed by atoms with Crippen molar-refractivity contribution < 1.29 is 23.9 Å². The number of benzene rings is 2. The Morgan fingerprint density at radius 3 is 2.61 bits per heavy atom. The molecule has 1 atom stereocenters. The van der Waals surface area contributed by atoms with Crippen molar-refractivity contribution in [2.45, 2.75) is 32.0 Å². The molecule has 1 fully saturated rings. The summed E-state index contributed by atoms with van der Waals surface area (Å²) in [5.74, 6) is 0.0437. The second-order valence-corrected chi connectivity index (χ2v) is 6.83. The van der Waals surface area contributed by atoms with E-state index in [4.69, 9.17) is 9.47 Å². The van der Waals surface area contributed by atoms with E-state index >= 15 is 0 Å². The molecular weight excluding hydrogens is 360 g/mol. The van der Waals surface area contributed by atoms with E-state index in [1.54, 1.807) is 12.1 Å². The van der Waals surface area contributed by atoms with Crippen LogP contribution in [0.3, 0.4) is 0 Å². The van der Waals surface area contributed by atoms with E-state index < -0.39 is 11.9 Å². The molecule has 0 aliphatic carbocycles. The van der Waals surface area contributed by atoms with Crippen LogP contribution >= 0.6 is 0 Å². The molecule has 1 saturated heterocycles. The van der Waals surface area contributed by atoms with Crippen LogP contribution in [0.1, 0.15) is 34.3 Å². The van der Waals surface area contributed by atoms with Crippen molar-refractivity contribution in [1.29, 1.82) is 0 Å². The van der Waals surface area contributed by atoms with Crippen LogP contribution in [0.5, 0.6) is 11.5 Å². The second-order valence-electron chi connectivity index (χ2n) is 6.83. The summed E-state index contributed by atoms with van der Waals surface area (Å²) in [7, 11) is 1.52. The van der Waals surface area contributed by atoms with Gasteiger partial charge in [0.05, 0.1) is 7.11 Å². The first-order chi connectivity index (χ1) is 13.6. The Kier molecular flexibility index (Phi) is 4.73. The normalized spacial score (nSPS) is 18.7. The molecule has 4 rings (SSSR count). The number of methoxy groups -OCH3 is 1. The fourth-order valence-electron chi connectivity index (χ4n) is 3.58. The van der Waals surface area contributed by atoms with Crippen molar-refractivity contribution in [3.8, 4) is 11.5 Å². The Morgan fingerprint density at radius 1 is 1.11 bits per heavy atom. The Labute approximate surface area is 162 Å². The fourth-order valence-corrected chi connectivity index (χ4v) is 3.58. The van der Waals surface area contributed by atoms with Gasteiger partial charge in [0, 0.05) is 18.5 Å². The number of fused-ring (bicyclic) bond motifs is 1. The molecular formula is C21H20N2O5. The molecule has 1 unspecified atom stereocenters. The zero-order valence-electron chi connectivity index (χ0n) is 15.4. The summed E-state index contributed by atoms with van der Waals surface area (Å²) in [5, 5.41) is 2.30. The number of hydrogen-bond donors (Lipinski definition) is 1. The Bertz CT molecular complexity index is 941. The summed E-state index contributed by atoms with van der Waals surface area (Å²) in [6, 6.07) is 12.6. The van der Waals surface area contributed by atoms with Crippen LogP contribution in [0.2, 0.25) is 0 Å². The highest BCUT2D eigenvalue weighted by atomic mass is 16.5. The minimum atomic E-state index is -0.641. The maximum atomic E-state index is 12.8. The molecule has 7 nitrogen and oxygen atoms in total. The third-order valence-corrected chi connectivity index (χ3v) is 5.04. The lowest BCUT2D eigenvalue weighted by Crippen LogP contribution is -2.52. The highest BCUT2D eigenvalue weighted by molar-refractivity contribution is 6.05. The number of amides is 3. The summed E-state index contributed by atoms with van der Waals surface area (Å²) in [5.41, 5.74) is 2.29. The fraction of sp³-hybridized carbons (Fsp3) is 0.286. The summed E-state index contributed by atoms with van der Waals surface area (Å²) in [6.45, 7) is 0.674. The van der Waals surface area contributed by atoms with Gasteiger partial charge in [-0.2, -0.15) is 0 Å². The van der Waals surface area contributed by atoms with Gasteiger partial charge in [-0.05, 0) is 29.7 Å². The number of carbonyl (C=O) groups excluding carboxylic acids is 3. The lowest BCUT2D eigenvalue weighted by molar-refractivity contribution is -0.136. The van der Waals surface area contributed by atoms with Crippen molar-refractivity contribution in [2.24, 2.45) is 0 Å². The molecule has 1 N–H and O–H groups in total. The van der Waals surface area contributed by atoms with Gasteiger partial charge >= 0.3 is 0 Å². The van der Waals surface area contributed by atoms with Crippen LogP contribution < -0.4 is 14.8 Å². The van der Waals surface area contributed by atoms with Crippen LogP contribution in [-0.2, 0) is 22.7 Å². The Balaban J connectivity index is 1.56. The maximum absolute atomic E-state index is 12.8. The number of hydrogen-bond acceptors (Lipinski definition) is 5. The van der Waals surface area contributed by atoms with Gasteiger partial charge in [-0.3, -0.25) is 19.7 Å². The van der Waals surface area contributed by atoms with Crippen molar-refractivity contribution in [2.75, 3.05) is 7.11 Å². The third kappa shape index (κ3) is 3.31. The summed E-state index contributed by atoms with van der Waals surface area (Å²) in [6.07, 6.45) is 0.560. The monoisotopic (exact) mass is 380 g/mol. The quantitative estimate of drug-likeness (QED) is 0.803. The number of nitrogens with one attached hydrogen (secondary N) is 1.